The average Bonchev–Trinajstić information content (AvgIpc) is 3.34. The van der Waals surface area contributed by atoms with Crippen molar-refractivity contribution in [2.75, 3.05) is 0 Å². The Hall–Kier alpha value is -2.72. The second-order valence-electron chi connectivity index (χ2n) is 7.66. The first-order valence-corrected chi connectivity index (χ1v) is 11.1. The summed E-state index contributed by atoms with van der Waals surface area (Å²) in [5.74, 6) is -1.34. The van der Waals surface area contributed by atoms with E-state index in [9.17, 15) is 17.2 Å². The van der Waals surface area contributed by atoms with Gasteiger partial charge in [0.15, 0.2) is 11.6 Å². The third-order valence-corrected chi connectivity index (χ3v) is 7.86. The molecule has 0 aliphatic carbocycles. The summed E-state index contributed by atoms with van der Waals surface area (Å²) in [5.41, 5.74) is 0.793. The Labute approximate surface area is 171 Å². The lowest BCUT2D eigenvalue weighted by atomic mass is 9.92. The van der Waals surface area contributed by atoms with Crippen molar-refractivity contribution in [3.63, 3.8) is 0 Å². The van der Waals surface area contributed by atoms with Crippen molar-refractivity contribution >= 4 is 10.0 Å². The molecule has 2 bridgehead atoms. The van der Waals surface area contributed by atoms with Gasteiger partial charge in [0.25, 0.3) is 0 Å². The van der Waals surface area contributed by atoms with E-state index in [4.69, 9.17) is 4.52 Å². The van der Waals surface area contributed by atoms with E-state index in [1.807, 2.05) is 0 Å². The fraction of sp³-hybridized carbons (Fsp3) is 0.350. The predicted octanol–water partition coefficient (Wildman–Crippen LogP) is 3.51. The number of benzene rings is 1. The summed E-state index contributed by atoms with van der Waals surface area (Å²) in [4.78, 5) is 8.24. The minimum absolute atomic E-state index is 0.0537. The van der Waals surface area contributed by atoms with E-state index in [1.165, 1.54) is 4.31 Å². The molecule has 0 amide bonds. The molecular weight excluding hydrogens is 414 g/mol. The Morgan fingerprint density at radius 1 is 1.00 bits per heavy atom. The van der Waals surface area contributed by atoms with Crippen molar-refractivity contribution in [3.05, 3.63) is 60.3 Å². The summed E-state index contributed by atoms with van der Waals surface area (Å²) in [6, 6.07) is 5.78. The molecule has 7 nitrogen and oxygen atoms in total. The van der Waals surface area contributed by atoms with E-state index in [2.05, 4.69) is 15.1 Å². The topological polar surface area (TPSA) is 89.2 Å². The van der Waals surface area contributed by atoms with Gasteiger partial charge in [0.2, 0.25) is 21.7 Å². The first-order valence-electron chi connectivity index (χ1n) is 9.66. The van der Waals surface area contributed by atoms with Gasteiger partial charge in [-0.25, -0.2) is 17.2 Å². The average molecular weight is 432 g/mol. The van der Waals surface area contributed by atoms with Crippen LogP contribution in [-0.4, -0.2) is 39.9 Å². The normalized spacial score (nSPS) is 24.3. The predicted molar refractivity (Wildman–Crippen MR) is 102 cm³/mol. The molecule has 1 aromatic carbocycles. The summed E-state index contributed by atoms with van der Waals surface area (Å²) in [7, 11) is -3.93. The molecule has 2 saturated heterocycles. The molecule has 156 valence electrons. The Morgan fingerprint density at radius 2 is 1.70 bits per heavy atom. The van der Waals surface area contributed by atoms with Gasteiger partial charge < -0.3 is 4.52 Å². The van der Waals surface area contributed by atoms with Crippen molar-refractivity contribution in [2.45, 2.75) is 48.6 Å². The maximum Gasteiger partial charge on any atom is 0.243 e. The number of fused-ring (bicyclic) bond motifs is 2. The third-order valence-electron chi connectivity index (χ3n) is 5.86. The summed E-state index contributed by atoms with van der Waals surface area (Å²) in [6.07, 6.45) is 5.78. The van der Waals surface area contributed by atoms with Gasteiger partial charge in [0.05, 0.1) is 4.90 Å². The zero-order chi connectivity index (χ0) is 20.9. The van der Waals surface area contributed by atoms with Crippen LogP contribution in [0.3, 0.4) is 0 Å². The van der Waals surface area contributed by atoms with E-state index in [0.29, 0.717) is 37.4 Å². The number of aromatic nitrogens is 3. The number of rotatable bonds is 4. The van der Waals surface area contributed by atoms with E-state index in [1.54, 1.807) is 24.5 Å². The van der Waals surface area contributed by atoms with Crippen LogP contribution in [0.4, 0.5) is 8.78 Å². The highest BCUT2D eigenvalue weighted by Gasteiger charge is 2.48. The van der Waals surface area contributed by atoms with Crippen LogP contribution in [0.25, 0.3) is 11.4 Å². The number of nitrogens with zero attached hydrogens (tertiary/aromatic N) is 4. The molecule has 0 saturated carbocycles. The van der Waals surface area contributed by atoms with Gasteiger partial charge in [-0.3, -0.25) is 4.98 Å². The number of halogens is 2. The van der Waals surface area contributed by atoms with Crippen LogP contribution in [0.15, 0.2) is 52.1 Å². The molecule has 2 aliphatic rings. The summed E-state index contributed by atoms with van der Waals surface area (Å²) in [5, 5.41) is 4.04. The minimum atomic E-state index is -3.93. The highest BCUT2D eigenvalue weighted by molar-refractivity contribution is 7.89. The maximum atomic E-state index is 13.6. The van der Waals surface area contributed by atoms with Gasteiger partial charge in [-0.15, -0.1) is 0 Å². The molecule has 10 heteroatoms. The minimum Gasteiger partial charge on any atom is -0.339 e. The van der Waals surface area contributed by atoms with Crippen LogP contribution in [0, 0.1) is 11.6 Å². The number of piperidine rings is 1. The Bertz CT molecular complexity index is 1170. The first kappa shape index (κ1) is 19.3. The van der Waals surface area contributed by atoms with Crippen LogP contribution < -0.4 is 0 Å². The van der Waals surface area contributed by atoms with Gasteiger partial charge in [-0.2, -0.15) is 9.29 Å². The smallest absolute Gasteiger partial charge is 0.243 e. The molecule has 4 heterocycles. The molecule has 2 aliphatic heterocycles. The Balaban J connectivity index is 1.39. The molecular formula is C20H18F2N4O3S. The molecule has 2 fully saturated rings. The van der Waals surface area contributed by atoms with Crippen molar-refractivity contribution in [1.29, 1.82) is 0 Å². The second kappa shape index (κ2) is 7.21. The van der Waals surface area contributed by atoms with Crippen molar-refractivity contribution in [3.8, 4) is 11.4 Å². The van der Waals surface area contributed by atoms with Crippen LogP contribution in [0.1, 0.15) is 37.5 Å². The molecule has 1 unspecified atom stereocenters. The lowest BCUT2D eigenvalue weighted by Crippen LogP contribution is -2.46. The Kier molecular flexibility index (Phi) is 4.62. The van der Waals surface area contributed by atoms with Crippen molar-refractivity contribution in [1.82, 2.24) is 19.4 Å². The first-order chi connectivity index (χ1) is 14.4. The van der Waals surface area contributed by atoms with Gasteiger partial charge in [0.1, 0.15) is 0 Å². The lowest BCUT2D eigenvalue weighted by molar-refractivity contribution is 0.201. The monoisotopic (exact) mass is 432 g/mol. The van der Waals surface area contributed by atoms with Crippen molar-refractivity contribution < 1.29 is 21.7 Å². The van der Waals surface area contributed by atoms with Crippen LogP contribution in [-0.2, 0) is 10.0 Å². The van der Waals surface area contributed by atoms with Crippen LogP contribution in [0.2, 0.25) is 0 Å². The SMILES string of the molecule is O=S(=O)(c1ccc(F)c(F)c1)N1[C@@H]2CC[C@H]1CC(c1nc(-c3ccncc3)no1)C2. The number of sulfonamides is 1. The van der Waals surface area contributed by atoms with E-state index < -0.39 is 21.7 Å². The number of hydrogen-bond donors (Lipinski definition) is 0. The van der Waals surface area contributed by atoms with Crippen LogP contribution in [0.5, 0.6) is 0 Å². The Morgan fingerprint density at radius 3 is 2.37 bits per heavy atom. The van der Waals surface area contributed by atoms with E-state index >= 15 is 0 Å². The second-order valence-corrected chi connectivity index (χ2v) is 9.50. The van der Waals surface area contributed by atoms with Gasteiger partial charge in [0, 0.05) is 36.0 Å². The lowest BCUT2D eigenvalue weighted by Gasteiger charge is -2.36. The van der Waals surface area contributed by atoms with Gasteiger partial charge >= 0.3 is 0 Å². The summed E-state index contributed by atoms with van der Waals surface area (Å²) in [6.45, 7) is 0. The molecule has 5 rings (SSSR count). The van der Waals surface area contributed by atoms with E-state index in [0.717, 1.165) is 23.8 Å². The molecule has 0 spiro atoms. The molecule has 30 heavy (non-hydrogen) atoms. The van der Waals surface area contributed by atoms with Crippen LogP contribution >= 0.6 is 0 Å². The van der Waals surface area contributed by atoms with Crippen molar-refractivity contribution in [2.24, 2.45) is 0 Å². The quantitative estimate of drug-likeness (QED) is 0.627. The fourth-order valence-corrected chi connectivity index (χ4v) is 6.41. The fourth-order valence-electron chi connectivity index (χ4n) is 4.51. The summed E-state index contributed by atoms with van der Waals surface area (Å²) < 4.78 is 60.0. The molecule has 0 radical (unpaired) electrons. The zero-order valence-corrected chi connectivity index (χ0v) is 16.6. The molecule has 0 N–H and O–H groups in total. The zero-order valence-electron chi connectivity index (χ0n) is 15.8. The summed E-state index contributed by atoms with van der Waals surface area (Å²) >= 11 is 0. The van der Waals surface area contributed by atoms with Gasteiger partial charge in [-0.05, 0) is 56.0 Å². The molecule has 2 aromatic heterocycles. The molecule has 3 aromatic rings. The van der Waals surface area contributed by atoms with E-state index in [-0.39, 0.29) is 22.9 Å². The van der Waals surface area contributed by atoms with Gasteiger partial charge in [-0.1, -0.05) is 5.16 Å². The largest absolute Gasteiger partial charge is 0.339 e. The highest BCUT2D eigenvalue weighted by Crippen LogP contribution is 2.45. The maximum absolute atomic E-state index is 13.6. The standard InChI is InChI=1S/C20H18F2N4O3S/c21-17-4-3-16(11-18(17)22)30(27,28)26-14-1-2-15(26)10-13(9-14)20-24-19(25-29-20)12-5-7-23-8-6-12/h3-8,11,13-15H,1-2,9-10H2/t13?,14-,15+. The highest BCUT2D eigenvalue weighted by atomic mass is 32.2. The number of pyridine rings is 1. The molecule has 3 atom stereocenters. The third kappa shape index (κ3) is 3.20. The number of hydrogen-bond acceptors (Lipinski definition) is 6.